The summed E-state index contributed by atoms with van der Waals surface area (Å²) in [5, 5.41) is 8.99. The van der Waals surface area contributed by atoms with Crippen LogP contribution in [-0.4, -0.2) is 50.3 Å². The highest BCUT2D eigenvalue weighted by atomic mass is 16.5. The molecule has 0 spiro atoms. The Morgan fingerprint density at radius 3 is 2.50 bits per heavy atom. The Balaban J connectivity index is 1.28. The average Bonchev–Trinajstić information content (AvgIpc) is 3.33. The predicted octanol–water partition coefficient (Wildman–Crippen LogP) is 3.69. The van der Waals surface area contributed by atoms with Crippen LogP contribution in [0.2, 0.25) is 0 Å². The number of nitrogens with one attached hydrogen (secondary N) is 3. The van der Waals surface area contributed by atoms with E-state index in [9.17, 15) is 9.59 Å². The van der Waals surface area contributed by atoms with Crippen molar-refractivity contribution in [2.24, 2.45) is 0 Å². The van der Waals surface area contributed by atoms with Crippen LogP contribution in [0.25, 0.3) is 0 Å². The van der Waals surface area contributed by atoms with Crippen LogP contribution >= 0.6 is 0 Å². The van der Waals surface area contributed by atoms with Crippen molar-refractivity contribution < 1.29 is 14.3 Å². The first-order valence-corrected chi connectivity index (χ1v) is 11.5. The van der Waals surface area contributed by atoms with E-state index in [0.717, 1.165) is 62.3 Å². The Labute approximate surface area is 189 Å². The van der Waals surface area contributed by atoms with Crippen LogP contribution in [0.3, 0.4) is 0 Å². The van der Waals surface area contributed by atoms with E-state index in [1.807, 2.05) is 55.5 Å². The van der Waals surface area contributed by atoms with Crippen molar-refractivity contribution >= 4 is 23.3 Å². The molecule has 32 heavy (non-hydrogen) atoms. The molecular formula is C25H32N4O3. The minimum absolute atomic E-state index is 0.0613. The molecule has 1 atom stereocenters. The third kappa shape index (κ3) is 5.79. The van der Waals surface area contributed by atoms with Gasteiger partial charge in [-0.3, -0.25) is 4.79 Å². The van der Waals surface area contributed by atoms with Gasteiger partial charge < -0.3 is 25.6 Å². The van der Waals surface area contributed by atoms with Gasteiger partial charge in [0.25, 0.3) is 5.91 Å². The largest absolute Gasteiger partial charge is 0.376 e. The maximum absolute atomic E-state index is 12.8. The molecule has 0 aliphatic carbocycles. The van der Waals surface area contributed by atoms with Crippen molar-refractivity contribution in [2.75, 3.05) is 36.5 Å². The Kier molecular flexibility index (Phi) is 7.27. The topological polar surface area (TPSA) is 82.7 Å². The van der Waals surface area contributed by atoms with Gasteiger partial charge in [0.05, 0.1) is 11.7 Å². The summed E-state index contributed by atoms with van der Waals surface area (Å²) in [5.74, 6) is -0.0613. The SMILES string of the molecule is Cc1ccc(NC(=O)NC2CCN(c3ccccc3C(=O)NC[C@@H]3CCCO3)CC2)cc1. The van der Waals surface area contributed by atoms with Crippen molar-refractivity contribution in [3.63, 3.8) is 0 Å². The number of para-hydroxylation sites is 1. The quantitative estimate of drug-likeness (QED) is 0.645. The van der Waals surface area contributed by atoms with Crippen LogP contribution in [0.4, 0.5) is 16.2 Å². The number of hydrogen-bond acceptors (Lipinski definition) is 4. The van der Waals surface area contributed by atoms with E-state index in [0.29, 0.717) is 12.1 Å². The molecule has 2 heterocycles. The summed E-state index contributed by atoms with van der Waals surface area (Å²) < 4.78 is 5.61. The minimum atomic E-state index is -0.179. The summed E-state index contributed by atoms with van der Waals surface area (Å²) >= 11 is 0. The standard InChI is InChI=1S/C25H32N4O3/c1-18-8-10-19(11-9-18)27-25(31)28-20-12-14-29(15-13-20)23-7-3-2-6-22(23)24(30)26-17-21-5-4-16-32-21/h2-3,6-11,20-21H,4-5,12-17H2,1H3,(H,26,30)(H2,27,28,31)/t21-/m0/s1. The maximum atomic E-state index is 12.8. The molecule has 0 saturated carbocycles. The van der Waals surface area contributed by atoms with Crippen molar-refractivity contribution in [1.29, 1.82) is 0 Å². The number of urea groups is 1. The van der Waals surface area contributed by atoms with E-state index in [4.69, 9.17) is 4.74 Å². The predicted molar refractivity (Wildman–Crippen MR) is 126 cm³/mol. The summed E-state index contributed by atoms with van der Waals surface area (Å²) in [4.78, 5) is 27.4. The molecule has 2 aromatic rings. The lowest BCUT2D eigenvalue weighted by Crippen LogP contribution is -2.46. The maximum Gasteiger partial charge on any atom is 0.319 e. The number of nitrogens with zero attached hydrogens (tertiary/aromatic N) is 1. The van der Waals surface area contributed by atoms with E-state index in [1.54, 1.807) is 0 Å². The Bertz CT molecular complexity index is 917. The van der Waals surface area contributed by atoms with E-state index in [2.05, 4.69) is 20.9 Å². The van der Waals surface area contributed by atoms with Gasteiger partial charge in [0.2, 0.25) is 0 Å². The highest BCUT2D eigenvalue weighted by Gasteiger charge is 2.24. The monoisotopic (exact) mass is 436 g/mol. The lowest BCUT2D eigenvalue weighted by molar-refractivity contribution is 0.0858. The van der Waals surface area contributed by atoms with E-state index in [-0.39, 0.29) is 24.1 Å². The first-order chi connectivity index (χ1) is 15.6. The number of rotatable bonds is 6. The molecule has 2 saturated heterocycles. The molecule has 4 rings (SSSR count). The van der Waals surface area contributed by atoms with Gasteiger partial charge in [-0.2, -0.15) is 0 Å². The average molecular weight is 437 g/mol. The summed E-state index contributed by atoms with van der Waals surface area (Å²) in [6.45, 7) is 4.92. The molecule has 0 unspecified atom stereocenters. The van der Waals surface area contributed by atoms with Gasteiger partial charge in [-0.1, -0.05) is 29.8 Å². The summed E-state index contributed by atoms with van der Waals surface area (Å²) in [6, 6.07) is 15.4. The highest BCUT2D eigenvalue weighted by molar-refractivity contribution is 5.99. The molecule has 170 valence electrons. The van der Waals surface area contributed by atoms with E-state index < -0.39 is 0 Å². The number of ether oxygens (including phenoxy) is 1. The zero-order valence-corrected chi connectivity index (χ0v) is 18.6. The lowest BCUT2D eigenvalue weighted by Gasteiger charge is -2.34. The van der Waals surface area contributed by atoms with Crippen molar-refractivity contribution in [1.82, 2.24) is 10.6 Å². The van der Waals surface area contributed by atoms with Crippen LogP contribution in [0, 0.1) is 6.92 Å². The summed E-state index contributed by atoms with van der Waals surface area (Å²) in [7, 11) is 0. The van der Waals surface area contributed by atoms with Gasteiger partial charge in [0.1, 0.15) is 0 Å². The molecule has 3 N–H and O–H groups in total. The number of hydrogen-bond donors (Lipinski definition) is 3. The van der Waals surface area contributed by atoms with Crippen molar-refractivity contribution in [3.8, 4) is 0 Å². The van der Waals surface area contributed by atoms with Gasteiger partial charge in [0.15, 0.2) is 0 Å². The van der Waals surface area contributed by atoms with Gasteiger partial charge in [-0.05, 0) is 56.9 Å². The third-order valence-corrected chi connectivity index (χ3v) is 6.14. The second kappa shape index (κ2) is 10.5. The molecule has 0 bridgehead atoms. The molecule has 2 fully saturated rings. The zero-order valence-electron chi connectivity index (χ0n) is 18.6. The smallest absolute Gasteiger partial charge is 0.319 e. The fourth-order valence-electron chi connectivity index (χ4n) is 4.30. The molecule has 3 amide bonds. The molecular weight excluding hydrogens is 404 g/mol. The molecule has 2 aromatic carbocycles. The molecule has 2 aliphatic rings. The van der Waals surface area contributed by atoms with Crippen LogP contribution in [-0.2, 0) is 4.74 Å². The van der Waals surface area contributed by atoms with Gasteiger partial charge in [0, 0.05) is 43.7 Å². The molecule has 0 radical (unpaired) electrons. The molecule has 7 heteroatoms. The third-order valence-electron chi connectivity index (χ3n) is 6.14. The van der Waals surface area contributed by atoms with Gasteiger partial charge in [-0.25, -0.2) is 4.79 Å². The van der Waals surface area contributed by atoms with Crippen LogP contribution in [0.5, 0.6) is 0 Å². The van der Waals surface area contributed by atoms with E-state index >= 15 is 0 Å². The fraction of sp³-hybridized carbons (Fsp3) is 0.440. The number of carbonyl (C=O) groups excluding carboxylic acids is 2. The fourth-order valence-corrected chi connectivity index (χ4v) is 4.30. The van der Waals surface area contributed by atoms with Crippen LogP contribution < -0.4 is 20.9 Å². The molecule has 2 aliphatic heterocycles. The Morgan fingerprint density at radius 2 is 1.78 bits per heavy atom. The highest BCUT2D eigenvalue weighted by Crippen LogP contribution is 2.24. The molecule has 7 nitrogen and oxygen atoms in total. The number of benzene rings is 2. The van der Waals surface area contributed by atoms with Crippen molar-refractivity contribution in [2.45, 2.75) is 44.8 Å². The van der Waals surface area contributed by atoms with Crippen LogP contribution in [0.1, 0.15) is 41.6 Å². The zero-order chi connectivity index (χ0) is 22.3. The minimum Gasteiger partial charge on any atom is -0.376 e. The summed E-state index contributed by atoms with van der Waals surface area (Å²) in [5.41, 5.74) is 3.58. The number of carbonyl (C=O) groups is 2. The number of aryl methyl sites for hydroxylation is 1. The summed E-state index contributed by atoms with van der Waals surface area (Å²) in [6.07, 6.45) is 3.84. The van der Waals surface area contributed by atoms with E-state index in [1.165, 1.54) is 0 Å². The van der Waals surface area contributed by atoms with Gasteiger partial charge >= 0.3 is 6.03 Å². The van der Waals surface area contributed by atoms with Crippen LogP contribution in [0.15, 0.2) is 48.5 Å². The normalized spacial score (nSPS) is 18.9. The Morgan fingerprint density at radius 1 is 1.03 bits per heavy atom. The molecule has 0 aromatic heterocycles. The number of amides is 3. The number of anilines is 2. The second-order valence-corrected chi connectivity index (χ2v) is 8.59. The first-order valence-electron chi connectivity index (χ1n) is 11.5. The Hall–Kier alpha value is -3.06. The van der Waals surface area contributed by atoms with Crippen molar-refractivity contribution in [3.05, 3.63) is 59.7 Å². The second-order valence-electron chi connectivity index (χ2n) is 8.59. The van der Waals surface area contributed by atoms with Gasteiger partial charge in [-0.15, -0.1) is 0 Å². The number of piperidine rings is 1. The lowest BCUT2D eigenvalue weighted by atomic mass is 10.0. The first kappa shape index (κ1) is 22.1.